The molecule has 8 heteroatoms. The van der Waals surface area contributed by atoms with Gasteiger partial charge in [0.1, 0.15) is 46.9 Å². The van der Waals surface area contributed by atoms with E-state index < -0.39 is 0 Å². The van der Waals surface area contributed by atoms with Crippen LogP contribution in [0.2, 0.25) is 0 Å². The van der Waals surface area contributed by atoms with E-state index in [1.165, 1.54) is 70.6 Å². The zero-order valence-electron chi connectivity index (χ0n) is 43.5. The number of nitriles is 4. The standard InChI is InChI=1S/C59H90N6O2/c1-9-17-27-49(14-6)45-64(44-48(13-5)26-12-4)56-32-30-54(36-52(40-60)41-61)58(38-56)66-34-24-22-20-21-23-25-35-67-59-39-57(33-31-55(59)37-53(42-62)43-63)65(46-50(15-7)28-18-10-2)47-51(16-8)29-19-11-3/h30-33,36-39,48-51H,9-29,34-35,44-47H2,1-8H3. The molecule has 0 aliphatic carbocycles. The lowest BCUT2D eigenvalue weighted by atomic mass is 9.95. The molecule has 0 radical (unpaired) electrons. The Kier molecular flexibility index (Phi) is 31.4. The highest BCUT2D eigenvalue weighted by Crippen LogP contribution is 2.33. The van der Waals surface area contributed by atoms with Crippen LogP contribution in [0.3, 0.4) is 0 Å². The average molecular weight is 915 g/mol. The van der Waals surface area contributed by atoms with E-state index in [2.05, 4.69) is 89.5 Å². The second-order valence-corrected chi connectivity index (χ2v) is 18.9. The van der Waals surface area contributed by atoms with Crippen molar-refractivity contribution < 1.29 is 9.47 Å². The average Bonchev–Trinajstić information content (AvgIpc) is 3.35. The third-order valence-corrected chi connectivity index (χ3v) is 13.7. The molecule has 4 atom stereocenters. The summed E-state index contributed by atoms with van der Waals surface area (Å²) >= 11 is 0. The molecule has 0 fully saturated rings. The van der Waals surface area contributed by atoms with Crippen LogP contribution in [0.4, 0.5) is 11.4 Å². The summed E-state index contributed by atoms with van der Waals surface area (Å²) in [6.45, 7) is 23.5. The summed E-state index contributed by atoms with van der Waals surface area (Å²) < 4.78 is 13.0. The molecule has 2 aromatic rings. The Morgan fingerprint density at radius 1 is 0.448 bits per heavy atom. The van der Waals surface area contributed by atoms with Gasteiger partial charge < -0.3 is 19.3 Å². The van der Waals surface area contributed by atoms with Crippen LogP contribution in [-0.4, -0.2) is 39.4 Å². The second-order valence-electron chi connectivity index (χ2n) is 18.9. The van der Waals surface area contributed by atoms with Crippen LogP contribution < -0.4 is 19.3 Å². The zero-order chi connectivity index (χ0) is 49.1. The first-order valence-electron chi connectivity index (χ1n) is 26.8. The minimum absolute atomic E-state index is 0.0698. The maximum Gasteiger partial charge on any atom is 0.130 e. The molecule has 368 valence electrons. The number of hydrogen-bond donors (Lipinski definition) is 0. The van der Waals surface area contributed by atoms with Crippen molar-refractivity contribution in [3.8, 4) is 35.8 Å². The van der Waals surface area contributed by atoms with Crippen molar-refractivity contribution in [2.75, 3.05) is 49.2 Å². The molecule has 2 aromatic carbocycles. The van der Waals surface area contributed by atoms with Crippen molar-refractivity contribution in [1.82, 2.24) is 0 Å². The maximum absolute atomic E-state index is 9.60. The van der Waals surface area contributed by atoms with Crippen molar-refractivity contribution in [3.05, 3.63) is 58.7 Å². The van der Waals surface area contributed by atoms with Crippen LogP contribution in [-0.2, 0) is 0 Å². The van der Waals surface area contributed by atoms with E-state index in [0.29, 0.717) is 36.9 Å². The Labute approximate surface area is 410 Å². The van der Waals surface area contributed by atoms with E-state index in [1.807, 2.05) is 36.4 Å². The molecular weight excluding hydrogens is 825 g/mol. The lowest BCUT2D eigenvalue weighted by Crippen LogP contribution is -2.34. The predicted molar refractivity (Wildman–Crippen MR) is 283 cm³/mol. The monoisotopic (exact) mass is 915 g/mol. The smallest absolute Gasteiger partial charge is 0.130 e. The molecule has 0 bridgehead atoms. The van der Waals surface area contributed by atoms with Gasteiger partial charge in [-0.1, -0.05) is 152 Å². The first kappa shape index (κ1) is 58.2. The molecule has 0 aliphatic heterocycles. The molecule has 0 saturated heterocycles. The number of rotatable bonds is 38. The summed E-state index contributed by atoms with van der Waals surface area (Å²) in [6.07, 6.45) is 27.4. The molecule has 0 aromatic heterocycles. The third kappa shape index (κ3) is 22.6. The molecule has 0 amide bonds. The SMILES string of the molecule is CCCCC(CC)CN(CC(CC)CCC)c1ccc(C=C(C#N)C#N)c(OCCCCCCCCOc2cc(N(CC(CC)CCCC)CC(CC)CCCC)ccc2C=C(C#N)C#N)c1. The molecule has 8 nitrogen and oxygen atoms in total. The number of hydrogen-bond acceptors (Lipinski definition) is 8. The van der Waals surface area contributed by atoms with Gasteiger partial charge in [0.2, 0.25) is 0 Å². The molecule has 0 aliphatic rings. The molecule has 2 rings (SSSR count). The zero-order valence-corrected chi connectivity index (χ0v) is 43.5. The predicted octanol–water partition coefficient (Wildman–Crippen LogP) is 16.4. The number of allylic oxidation sites excluding steroid dienone is 2. The molecule has 0 heterocycles. The minimum atomic E-state index is 0.0698. The van der Waals surface area contributed by atoms with Crippen LogP contribution in [0.5, 0.6) is 11.5 Å². The molecule has 67 heavy (non-hydrogen) atoms. The lowest BCUT2D eigenvalue weighted by Gasteiger charge is -2.33. The van der Waals surface area contributed by atoms with E-state index in [4.69, 9.17) is 9.47 Å². The van der Waals surface area contributed by atoms with Gasteiger partial charge in [-0.15, -0.1) is 0 Å². The van der Waals surface area contributed by atoms with Gasteiger partial charge in [-0.25, -0.2) is 0 Å². The van der Waals surface area contributed by atoms with Gasteiger partial charge >= 0.3 is 0 Å². The highest BCUT2D eigenvalue weighted by atomic mass is 16.5. The number of nitrogens with zero attached hydrogens (tertiary/aromatic N) is 6. The fourth-order valence-electron chi connectivity index (χ4n) is 9.10. The first-order valence-corrected chi connectivity index (χ1v) is 26.8. The molecule has 4 unspecified atom stereocenters. The van der Waals surface area contributed by atoms with Crippen LogP contribution in [0.1, 0.15) is 201 Å². The lowest BCUT2D eigenvalue weighted by molar-refractivity contribution is 0.296. The summed E-state index contributed by atoms with van der Waals surface area (Å²) in [5.74, 6) is 3.96. The van der Waals surface area contributed by atoms with Crippen molar-refractivity contribution in [2.45, 2.75) is 190 Å². The van der Waals surface area contributed by atoms with E-state index in [-0.39, 0.29) is 11.1 Å². The Balaban J connectivity index is 2.16. The van der Waals surface area contributed by atoms with Crippen LogP contribution >= 0.6 is 0 Å². The minimum Gasteiger partial charge on any atom is -0.493 e. The van der Waals surface area contributed by atoms with Crippen LogP contribution in [0.25, 0.3) is 12.2 Å². The van der Waals surface area contributed by atoms with E-state index >= 15 is 0 Å². The van der Waals surface area contributed by atoms with Crippen molar-refractivity contribution >= 4 is 23.5 Å². The van der Waals surface area contributed by atoms with Gasteiger partial charge in [0.05, 0.1) is 13.2 Å². The number of unbranched alkanes of at least 4 members (excludes halogenated alkanes) is 8. The number of benzene rings is 2. The summed E-state index contributed by atoms with van der Waals surface area (Å²) in [6, 6.07) is 20.7. The topological polar surface area (TPSA) is 120 Å². The van der Waals surface area contributed by atoms with Crippen molar-refractivity contribution in [2.24, 2.45) is 23.7 Å². The van der Waals surface area contributed by atoms with Gasteiger partial charge in [0.15, 0.2) is 0 Å². The number of anilines is 2. The third-order valence-electron chi connectivity index (χ3n) is 13.7. The fourth-order valence-corrected chi connectivity index (χ4v) is 9.10. The molecular formula is C59H90N6O2. The quantitative estimate of drug-likeness (QED) is 0.0482. The summed E-state index contributed by atoms with van der Waals surface area (Å²) in [4.78, 5) is 5.15. The summed E-state index contributed by atoms with van der Waals surface area (Å²) in [7, 11) is 0. The van der Waals surface area contributed by atoms with Crippen LogP contribution in [0.15, 0.2) is 47.5 Å². The second kappa shape index (κ2) is 36.2. The highest BCUT2D eigenvalue weighted by molar-refractivity contribution is 5.70. The van der Waals surface area contributed by atoms with E-state index in [0.717, 1.165) is 124 Å². The Morgan fingerprint density at radius 2 is 0.776 bits per heavy atom. The van der Waals surface area contributed by atoms with Crippen molar-refractivity contribution in [1.29, 1.82) is 21.0 Å². The highest BCUT2D eigenvalue weighted by Gasteiger charge is 2.21. The largest absolute Gasteiger partial charge is 0.493 e. The van der Waals surface area contributed by atoms with E-state index in [1.54, 1.807) is 12.2 Å². The van der Waals surface area contributed by atoms with Gasteiger partial charge in [0, 0.05) is 60.8 Å². The van der Waals surface area contributed by atoms with E-state index in [9.17, 15) is 21.0 Å². The Bertz CT molecular complexity index is 1840. The molecule has 0 N–H and O–H groups in total. The molecule has 0 saturated carbocycles. The Morgan fingerprint density at radius 3 is 1.07 bits per heavy atom. The van der Waals surface area contributed by atoms with Crippen LogP contribution in [0, 0.1) is 69.0 Å². The summed E-state index contributed by atoms with van der Waals surface area (Å²) in [5, 5.41) is 38.4. The normalized spacial score (nSPS) is 12.6. The van der Waals surface area contributed by atoms with Gasteiger partial charge in [-0.3, -0.25) is 0 Å². The maximum atomic E-state index is 9.60. The first-order chi connectivity index (χ1) is 32.7. The van der Waals surface area contributed by atoms with Gasteiger partial charge in [-0.2, -0.15) is 21.0 Å². The Hall–Kier alpha value is -4.92. The fraction of sp³-hybridized carbons (Fsp3) is 0.661. The molecule has 0 spiro atoms. The number of ether oxygens (including phenoxy) is 2. The van der Waals surface area contributed by atoms with Gasteiger partial charge in [-0.05, 0) is 98.6 Å². The summed E-state index contributed by atoms with van der Waals surface area (Å²) in [5.41, 5.74) is 3.98. The van der Waals surface area contributed by atoms with Crippen molar-refractivity contribution in [3.63, 3.8) is 0 Å². The van der Waals surface area contributed by atoms with Gasteiger partial charge in [0.25, 0.3) is 0 Å².